The van der Waals surface area contributed by atoms with Crippen LogP contribution < -0.4 is 5.32 Å². The Morgan fingerprint density at radius 3 is 2.56 bits per heavy atom. The molecule has 0 fully saturated rings. The Morgan fingerprint density at radius 1 is 1.19 bits per heavy atom. The number of hydrogen-bond donors (Lipinski definition) is 2. The Hall–Kier alpha value is -2.99. The number of carbonyl (C=O) groups is 1. The summed E-state index contributed by atoms with van der Waals surface area (Å²) in [4.78, 5) is 16.8. The second kappa shape index (κ2) is 8.14. The summed E-state index contributed by atoms with van der Waals surface area (Å²) in [7, 11) is 1.64. The van der Waals surface area contributed by atoms with Crippen molar-refractivity contribution in [3.05, 3.63) is 70.8 Å². The molecule has 0 bridgehead atoms. The minimum Gasteiger partial charge on any atom is -0.378 e. The highest BCUT2D eigenvalue weighted by Gasteiger charge is 2.15. The molecule has 0 aliphatic carbocycles. The molecule has 1 atom stereocenters. The van der Waals surface area contributed by atoms with Gasteiger partial charge in [-0.1, -0.05) is 18.2 Å². The minimum atomic E-state index is -0.116. The third-order valence-electron chi connectivity index (χ3n) is 4.52. The van der Waals surface area contributed by atoms with Crippen LogP contribution in [-0.2, 0) is 11.3 Å². The van der Waals surface area contributed by atoms with E-state index in [4.69, 9.17) is 4.74 Å². The fraction of sp³-hybridized carbons (Fsp3) is 0.286. The van der Waals surface area contributed by atoms with Gasteiger partial charge in [-0.15, -0.1) is 0 Å². The lowest BCUT2D eigenvalue weighted by Crippen LogP contribution is -2.26. The van der Waals surface area contributed by atoms with Crippen molar-refractivity contribution in [2.45, 2.75) is 33.4 Å². The van der Waals surface area contributed by atoms with Crippen molar-refractivity contribution in [3.8, 4) is 11.1 Å². The van der Waals surface area contributed by atoms with Gasteiger partial charge in [-0.3, -0.25) is 14.9 Å². The van der Waals surface area contributed by atoms with Gasteiger partial charge >= 0.3 is 0 Å². The molecule has 3 aromatic rings. The highest BCUT2D eigenvalue weighted by molar-refractivity contribution is 5.95. The number of benzene rings is 1. The molecule has 2 N–H and O–H groups in total. The molecule has 0 unspecified atom stereocenters. The Labute approximate surface area is 159 Å². The average molecular weight is 364 g/mol. The number of aryl methyl sites for hydroxylation is 2. The van der Waals surface area contributed by atoms with E-state index in [0.717, 1.165) is 33.8 Å². The van der Waals surface area contributed by atoms with Crippen molar-refractivity contribution < 1.29 is 9.53 Å². The molecule has 1 aromatic carbocycles. The van der Waals surface area contributed by atoms with Gasteiger partial charge in [0.15, 0.2) is 0 Å². The molecule has 3 rings (SSSR count). The van der Waals surface area contributed by atoms with Gasteiger partial charge in [0.2, 0.25) is 0 Å². The van der Waals surface area contributed by atoms with Gasteiger partial charge in [-0.2, -0.15) is 5.10 Å². The second-order valence-electron chi connectivity index (χ2n) is 6.61. The first-order valence-electron chi connectivity index (χ1n) is 8.86. The molecule has 0 aliphatic heterocycles. The predicted octanol–water partition coefficient (Wildman–Crippen LogP) is 3.73. The number of aromatic amines is 1. The normalized spacial score (nSPS) is 12.0. The van der Waals surface area contributed by atoms with Gasteiger partial charge in [0.1, 0.15) is 0 Å². The van der Waals surface area contributed by atoms with Crippen LogP contribution in [0.3, 0.4) is 0 Å². The van der Waals surface area contributed by atoms with E-state index in [-0.39, 0.29) is 11.9 Å². The van der Waals surface area contributed by atoms with Crippen LogP contribution in [-0.4, -0.2) is 28.2 Å². The standard InChI is InChI=1S/C21H24N4O2/c1-13-5-6-18(11-22-13)14(2)23-21(26)17-9-7-16(8-10-17)20-15(3)24-25-19(20)12-27-4/h5-11,14H,12H2,1-4H3,(H,23,26)(H,24,25)/t14-/m0/s1. The minimum absolute atomic E-state index is 0.115. The van der Waals surface area contributed by atoms with Crippen molar-refractivity contribution in [2.75, 3.05) is 7.11 Å². The Balaban J connectivity index is 1.74. The first-order chi connectivity index (χ1) is 13.0. The van der Waals surface area contributed by atoms with E-state index in [0.29, 0.717) is 12.2 Å². The number of amides is 1. The van der Waals surface area contributed by atoms with Crippen LogP contribution in [0.4, 0.5) is 0 Å². The number of H-pyrrole nitrogens is 1. The summed E-state index contributed by atoms with van der Waals surface area (Å²) in [5, 5.41) is 10.3. The van der Waals surface area contributed by atoms with Crippen LogP contribution in [0.5, 0.6) is 0 Å². The number of ether oxygens (including phenoxy) is 1. The third kappa shape index (κ3) is 4.23. The van der Waals surface area contributed by atoms with Crippen LogP contribution in [0, 0.1) is 13.8 Å². The SMILES string of the molecule is COCc1n[nH]c(C)c1-c1ccc(C(=O)N[C@@H](C)c2ccc(C)nc2)cc1. The van der Waals surface area contributed by atoms with Crippen molar-refractivity contribution in [2.24, 2.45) is 0 Å². The number of hydrogen-bond acceptors (Lipinski definition) is 4. The number of rotatable bonds is 6. The molecule has 0 aliphatic rings. The smallest absolute Gasteiger partial charge is 0.251 e. The van der Waals surface area contributed by atoms with Gasteiger partial charge in [-0.05, 0) is 50.1 Å². The van der Waals surface area contributed by atoms with Crippen LogP contribution in [0.1, 0.15) is 46.0 Å². The molecule has 6 heteroatoms. The molecule has 0 saturated heterocycles. The van der Waals surface area contributed by atoms with Crippen LogP contribution in [0.25, 0.3) is 11.1 Å². The van der Waals surface area contributed by atoms with E-state index >= 15 is 0 Å². The molecule has 1 amide bonds. The average Bonchev–Trinajstić information content (AvgIpc) is 3.03. The molecular weight excluding hydrogens is 340 g/mol. The van der Waals surface area contributed by atoms with E-state index in [2.05, 4.69) is 20.5 Å². The van der Waals surface area contributed by atoms with Gasteiger partial charge < -0.3 is 10.1 Å². The zero-order valence-electron chi connectivity index (χ0n) is 16.0. The summed E-state index contributed by atoms with van der Waals surface area (Å²) in [6.45, 7) is 6.29. The summed E-state index contributed by atoms with van der Waals surface area (Å²) in [6.07, 6.45) is 1.79. The maximum atomic E-state index is 12.6. The lowest BCUT2D eigenvalue weighted by molar-refractivity contribution is 0.0940. The lowest BCUT2D eigenvalue weighted by Gasteiger charge is -2.14. The predicted molar refractivity (Wildman–Crippen MR) is 104 cm³/mol. The van der Waals surface area contributed by atoms with Crippen molar-refractivity contribution in [3.63, 3.8) is 0 Å². The highest BCUT2D eigenvalue weighted by Crippen LogP contribution is 2.26. The fourth-order valence-corrected chi connectivity index (χ4v) is 2.99. The highest BCUT2D eigenvalue weighted by atomic mass is 16.5. The van der Waals surface area contributed by atoms with Crippen molar-refractivity contribution in [1.82, 2.24) is 20.5 Å². The molecule has 140 valence electrons. The molecule has 0 radical (unpaired) electrons. The summed E-state index contributed by atoms with van der Waals surface area (Å²) >= 11 is 0. The molecule has 2 aromatic heterocycles. The zero-order valence-corrected chi connectivity index (χ0v) is 16.0. The topological polar surface area (TPSA) is 79.9 Å². The molecule has 2 heterocycles. The molecule has 0 saturated carbocycles. The van der Waals surface area contributed by atoms with Crippen molar-refractivity contribution >= 4 is 5.91 Å². The Bertz CT molecular complexity index is 914. The molecule has 0 spiro atoms. The van der Waals surface area contributed by atoms with Crippen LogP contribution in [0.15, 0.2) is 42.6 Å². The quantitative estimate of drug-likeness (QED) is 0.698. The maximum Gasteiger partial charge on any atom is 0.251 e. The van der Waals surface area contributed by atoms with Crippen molar-refractivity contribution in [1.29, 1.82) is 0 Å². The van der Waals surface area contributed by atoms with E-state index in [1.165, 1.54) is 0 Å². The van der Waals surface area contributed by atoms with Gasteiger partial charge in [-0.25, -0.2) is 0 Å². The number of methoxy groups -OCH3 is 1. The molecular formula is C21H24N4O2. The summed E-state index contributed by atoms with van der Waals surface area (Å²) in [5.41, 5.74) is 6.38. The summed E-state index contributed by atoms with van der Waals surface area (Å²) in [5.74, 6) is -0.115. The van der Waals surface area contributed by atoms with Gasteiger partial charge in [0, 0.05) is 35.8 Å². The summed E-state index contributed by atoms with van der Waals surface area (Å²) < 4.78 is 5.21. The number of nitrogens with zero attached hydrogens (tertiary/aromatic N) is 2. The van der Waals surface area contributed by atoms with E-state index in [1.54, 1.807) is 13.3 Å². The van der Waals surface area contributed by atoms with E-state index in [9.17, 15) is 4.79 Å². The van der Waals surface area contributed by atoms with E-state index < -0.39 is 0 Å². The lowest BCUT2D eigenvalue weighted by atomic mass is 10.0. The maximum absolute atomic E-state index is 12.6. The van der Waals surface area contributed by atoms with Crippen LogP contribution >= 0.6 is 0 Å². The first-order valence-corrected chi connectivity index (χ1v) is 8.86. The number of carbonyl (C=O) groups excluding carboxylic acids is 1. The molecule has 27 heavy (non-hydrogen) atoms. The van der Waals surface area contributed by atoms with E-state index in [1.807, 2.05) is 57.2 Å². The zero-order chi connectivity index (χ0) is 19.4. The number of aromatic nitrogens is 3. The Morgan fingerprint density at radius 2 is 1.93 bits per heavy atom. The van der Waals surface area contributed by atoms with Gasteiger partial charge in [0.25, 0.3) is 5.91 Å². The van der Waals surface area contributed by atoms with Gasteiger partial charge in [0.05, 0.1) is 18.3 Å². The first kappa shape index (κ1) is 18.8. The summed E-state index contributed by atoms with van der Waals surface area (Å²) in [6, 6.07) is 11.3. The number of nitrogens with one attached hydrogen (secondary N) is 2. The molecule has 6 nitrogen and oxygen atoms in total. The number of pyridine rings is 1. The monoisotopic (exact) mass is 364 g/mol. The second-order valence-corrected chi connectivity index (χ2v) is 6.61. The largest absolute Gasteiger partial charge is 0.378 e. The Kier molecular flexibility index (Phi) is 5.66. The van der Waals surface area contributed by atoms with Crippen LogP contribution in [0.2, 0.25) is 0 Å². The fourth-order valence-electron chi connectivity index (χ4n) is 2.99. The third-order valence-corrected chi connectivity index (χ3v) is 4.52.